The van der Waals surface area contributed by atoms with Crippen LogP contribution in [0.5, 0.6) is 0 Å². The lowest BCUT2D eigenvalue weighted by Gasteiger charge is -2.45. The predicted molar refractivity (Wildman–Crippen MR) is 66.3 cm³/mol. The first kappa shape index (κ1) is 10.3. The SMILES string of the molecule is CN[C@@H]1c2ccccc2CN2CCCC[C@@H]12. The van der Waals surface area contributed by atoms with Crippen molar-refractivity contribution >= 4 is 0 Å². The molecule has 2 nitrogen and oxygen atoms in total. The van der Waals surface area contributed by atoms with E-state index in [1.807, 2.05) is 0 Å². The number of nitrogens with zero attached hydrogens (tertiary/aromatic N) is 1. The minimum absolute atomic E-state index is 0.533. The van der Waals surface area contributed by atoms with Crippen molar-refractivity contribution in [3.8, 4) is 0 Å². The minimum Gasteiger partial charge on any atom is -0.312 e. The normalized spacial score (nSPS) is 29.6. The van der Waals surface area contributed by atoms with Crippen molar-refractivity contribution in [2.24, 2.45) is 0 Å². The van der Waals surface area contributed by atoms with Crippen LogP contribution in [0.2, 0.25) is 0 Å². The molecule has 0 radical (unpaired) electrons. The third-order valence-corrected chi connectivity index (χ3v) is 4.12. The van der Waals surface area contributed by atoms with E-state index in [0.717, 1.165) is 6.54 Å². The molecule has 1 saturated heterocycles. The standard InChI is InChI=1S/C14H20N2/c1-15-14-12-7-3-2-6-11(12)10-16-9-5-4-8-13(14)16/h2-3,6-7,13-15H,4-5,8-10H2,1H3/t13-,14+/m0/s1. The molecule has 2 aliphatic rings. The van der Waals surface area contributed by atoms with Gasteiger partial charge in [-0.25, -0.2) is 0 Å². The lowest BCUT2D eigenvalue weighted by Crippen LogP contribution is -2.49. The van der Waals surface area contributed by atoms with Crippen LogP contribution in [0, 0.1) is 0 Å². The fraction of sp³-hybridized carbons (Fsp3) is 0.571. The van der Waals surface area contributed by atoms with Crippen molar-refractivity contribution in [3.05, 3.63) is 35.4 Å². The Labute approximate surface area is 97.6 Å². The molecule has 0 aromatic heterocycles. The Hall–Kier alpha value is -0.860. The van der Waals surface area contributed by atoms with Crippen molar-refractivity contribution in [1.82, 2.24) is 10.2 Å². The van der Waals surface area contributed by atoms with Crippen LogP contribution in [0.1, 0.15) is 36.4 Å². The van der Waals surface area contributed by atoms with Gasteiger partial charge >= 0.3 is 0 Å². The average molecular weight is 216 g/mol. The van der Waals surface area contributed by atoms with E-state index in [0.29, 0.717) is 12.1 Å². The van der Waals surface area contributed by atoms with Gasteiger partial charge in [0.25, 0.3) is 0 Å². The van der Waals surface area contributed by atoms with Gasteiger partial charge in [0.2, 0.25) is 0 Å². The fourth-order valence-electron chi connectivity index (χ4n) is 3.35. The van der Waals surface area contributed by atoms with Gasteiger partial charge in [-0.1, -0.05) is 30.7 Å². The van der Waals surface area contributed by atoms with E-state index < -0.39 is 0 Å². The molecular weight excluding hydrogens is 196 g/mol. The first-order chi connectivity index (χ1) is 7.90. The zero-order valence-electron chi connectivity index (χ0n) is 9.95. The third kappa shape index (κ3) is 1.57. The van der Waals surface area contributed by atoms with Gasteiger partial charge in [-0.05, 0) is 37.6 Å². The highest BCUT2D eigenvalue weighted by Gasteiger charge is 2.34. The molecule has 0 unspecified atom stereocenters. The summed E-state index contributed by atoms with van der Waals surface area (Å²) in [4.78, 5) is 2.66. The van der Waals surface area contributed by atoms with E-state index in [2.05, 4.69) is 41.5 Å². The molecule has 0 bridgehead atoms. The molecule has 1 aromatic rings. The summed E-state index contributed by atoms with van der Waals surface area (Å²) in [6.45, 7) is 2.43. The Morgan fingerprint density at radius 1 is 1.25 bits per heavy atom. The molecule has 1 N–H and O–H groups in total. The first-order valence-corrected chi connectivity index (χ1v) is 6.39. The van der Waals surface area contributed by atoms with E-state index >= 15 is 0 Å². The monoisotopic (exact) mass is 216 g/mol. The van der Waals surface area contributed by atoms with Gasteiger partial charge in [-0.3, -0.25) is 4.90 Å². The maximum Gasteiger partial charge on any atom is 0.0479 e. The molecule has 1 fully saturated rings. The first-order valence-electron chi connectivity index (χ1n) is 6.39. The van der Waals surface area contributed by atoms with Crippen molar-refractivity contribution in [1.29, 1.82) is 0 Å². The Kier molecular flexibility index (Phi) is 2.70. The van der Waals surface area contributed by atoms with Crippen LogP contribution < -0.4 is 5.32 Å². The molecule has 2 atom stereocenters. The van der Waals surface area contributed by atoms with Gasteiger partial charge in [0.05, 0.1) is 0 Å². The number of fused-ring (bicyclic) bond motifs is 2. The summed E-state index contributed by atoms with van der Waals surface area (Å²) >= 11 is 0. The second-order valence-electron chi connectivity index (χ2n) is 5.00. The molecule has 2 heteroatoms. The van der Waals surface area contributed by atoms with Crippen molar-refractivity contribution in [2.75, 3.05) is 13.6 Å². The molecule has 1 aromatic carbocycles. The zero-order valence-corrected chi connectivity index (χ0v) is 9.95. The second-order valence-corrected chi connectivity index (χ2v) is 5.00. The van der Waals surface area contributed by atoms with Gasteiger partial charge in [-0.15, -0.1) is 0 Å². The Morgan fingerprint density at radius 3 is 3.00 bits per heavy atom. The molecule has 2 aliphatic heterocycles. The Bertz CT molecular complexity index is 375. The third-order valence-electron chi connectivity index (χ3n) is 4.12. The van der Waals surface area contributed by atoms with Gasteiger partial charge in [0.1, 0.15) is 0 Å². The van der Waals surface area contributed by atoms with E-state index in [-0.39, 0.29) is 0 Å². The Morgan fingerprint density at radius 2 is 2.12 bits per heavy atom. The van der Waals surface area contributed by atoms with E-state index in [1.165, 1.54) is 36.9 Å². The largest absolute Gasteiger partial charge is 0.312 e. The maximum absolute atomic E-state index is 3.52. The van der Waals surface area contributed by atoms with Crippen LogP contribution in [-0.4, -0.2) is 24.5 Å². The lowest BCUT2D eigenvalue weighted by atomic mass is 9.84. The molecule has 0 spiro atoms. The summed E-state index contributed by atoms with van der Waals surface area (Å²) in [7, 11) is 2.10. The minimum atomic E-state index is 0.533. The maximum atomic E-state index is 3.52. The molecular formula is C14H20N2. The molecule has 0 aliphatic carbocycles. The van der Waals surface area contributed by atoms with E-state index in [1.54, 1.807) is 0 Å². The number of hydrogen-bond acceptors (Lipinski definition) is 2. The van der Waals surface area contributed by atoms with Gasteiger partial charge in [0.15, 0.2) is 0 Å². The highest BCUT2D eigenvalue weighted by Crippen LogP contribution is 2.35. The number of likely N-dealkylation sites (N-methyl/N-ethyl adjacent to an activating group) is 1. The summed E-state index contributed by atoms with van der Waals surface area (Å²) in [5.41, 5.74) is 3.04. The number of hydrogen-bond donors (Lipinski definition) is 1. The van der Waals surface area contributed by atoms with Crippen molar-refractivity contribution in [2.45, 2.75) is 37.9 Å². The van der Waals surface area contributed by atoms with Gasteiger partial charge < -0.3 is 5.32 Å². The van der Waals surface area contributed by atoms with E-state index in [9.17, 15) is 0 Å². The fourth-order valence-corrected chi connectivity index (χ4v) is 3.35. The van der Waals surface area contributed by atoms with Crippen LogP contribution >= 0.6 is 0 Å². The summed E-state index contributed by atoms with van der Waals surface area (Å²) in [5.74, 6) is 0. The van der Waals surface area contributed by atoms with Crippen molar-refractivity contribution < 1.29 is 0 Å². The highest BCUT2D eigenvalue weighted by atomic mass is 15.2. The smallest absolute Gasteiger partial charge is 0.0479 e. The molecule has 2 heterocycles. The summed E-state index contributed by atoms with van der Waals surface area (Å²) < 4.78 is 0. The molecule has 0 amide bonds. The van der Waals surface area contributed by atoms with Crippen LogP contribution in [0.4, 0.5) is 0 Å². The van der Waals surface area contributed by atoms with Crippen molar-refractivity contribution in [3.63, 3.8) is 0 Å². The topological polar surface area (TPSA) is 15.3 Å². The molecule has 86 valence electrons. The lowest BCUT2D eigenvalue weighted by molar-refractivity contribution is 0.0945. The molecule has 0 saturated carbocycles. The van der Waals surface area contributed by atoms with Gasteiger partial charge in [0, 0.05) is 18.6 Å². The number of nitrogens with one attached hydrogen (secondary N) is 1. The molecule has 16 heavy (non-hydrogen) atoms. The average Bonchev–Trinajstić information content (AvgIpc) is 2.36. The number of rotatable bonds is 1. The summed E-state index contributed by atoms with van der Waals surface area (Å²) in [6.07, 6.45) is 4.11. The summed E-state index contributed by atoms with van der Waals surface area (Å²) in [5, 5.41) is 3.52. The quantitative estimate of drug-likeness (QED) is 0.775. The number of piperidine rings is 1. The second kappa shape index (κ2) is 4.19. The Balaban J connectivity index is 1.99. The molecule has 3 rings (SSSR count). The number of benzene rings is 1. The van der Waals surface area contributed by atoms with Crippen LogP contribution in [0.15, 0.2) is 24.3 Å². The van der Waals surface area contributed by atoms with Gasteiger partial charge in [-0.2, -0.15) is 0 Å². The summed E-state index contributed by atoms with van der Waals surface area (Å²) in [6, 6.07) is 10.2. The van der Waals surface area contributed by atoms with Crippen LogP contribution in [0.3, 0.4) is 0 Å². The zero-order chi connectivity index (χ0) is 11.0. The van der Waals surface area contributed by atoms with E-state index in [4.69, 9.17) is 0 Å². The predicted octanol–water partition coefficient (Wildman–Crippen LogP) is 2.32. The van der Waals surface area contributed by atoms with Crippen LogP contribution in [0.25, 0.3) is 0 Å². The van der Waals surface area contributed by atoms with Crippen LogP contribution in [-0.2, 0) is 6.54 Å². The highest BCUT2D eigenvalue weighted by molar-refractivity contribution is 5.33.